The Kier molecular flexibility index (Phi) is 2.71. The van der Waals surface area contributed by atoms with Crippen molar-refractivity contribution < 1.29 is 0 Å². The lowest BCUT2D eigenvalue weighted by atomic mass is 10.2. The number of anilines is 1. The van der Waals surface area contributed by atoms with Crippen LogP contribution < -0.4 is 11.3 Å². The van der Waals surface area contributed by atoms with Crippen molar-refractivity contribution in [1.82, 2.24) is 19.7 Å². The van der Waals surface area contributed by atoms with E-state index in [2.05, 4.69) is 20.5 Å². The van der Waals surface area contributed by atoms with Crippen LogP contribution in [0.25, 0.3) is 11.4 Å². The zero-order valence-electron chi connectivity index (χ0n) is 10.3. The van der Waals surface area contributed by atoms with E-state index in [9.17, 15) is 0 Å². The lowest BCUT2D eigenvalue weighted by Crippen LogP contribution is -2.12. The molecule has 2 aromatic heterocycles. The Labute approximate surface area is 105 Å². The van der Waals surface area contributed by atoms with Crippen molar-refractivity contribution >= 4 is 5.82 Å². The van der Waals surface area contributed by atoms with E-state index in [1.165, 1.54) is 0 Å². The van der Waals surface area contributed by atoms with Gasteiger partial charge in [0.2, 0.25) is 0 Å². The van der Waals surface area contributed by atoms with Crippen molar-refractivity contribution in [2.45, 2.75) is 32.7 Å². The molecule has 0 radical (unpaired) electrons. The third-order valence-corrected chi connectivity index (χ3v) is 3.29. The van der Waals surface area contributed by atoms with Crippen molar-refractivity contribution in [2.75, 3.05) is 5.43 Å². The molecule has 0 atom stereocenters. The van der Waals surface area contributed by atoms with E-state index in [1.807, 2.05) is 17.8 Å². The zero-order valence-corrected chi connectivity index (χ0v) is 10.3. The standard InChI is InChI=1S/C12H16N6/c1-2-18-7-8(6-14-18)11-15-10-5-3-4-9(10)12(16-11)17-13/h6-7H,2-5,13H2,1H3,(H,15,16,17). The predicted octanol–water partition coefficient (Wildman–Crippen LogP) is 1.13. The summed E-state index contributed by atoms with van der Waals surface area (Å²) in [5.41, 5.74) is 5.88. The molecule has 3 N–H and O–H groups in total. The van der Waals surface area contributed by atoms with Crippen molar-refractivity contribution in [2.24, 2.45) is 5.84 Å². The zero-order chi connectivity index (χ0) is 12.5. The third-order valence-electron chi connectivity index (χ3n) is 3.29. The van der Waals surface area contributed by atoms with Crippen LogP contribution in [0.2, 0.25) is 0 Å². The van der Waals surface area contributed by atoms with E-state index in [1.54, 1.807) is 6.20 Å². The fraction of sp³-hybridized carbons (Fsp3) is 0.417. The van der Waals surface area contributed by atoms with Gasteiger partial charge in [0, 0.05) is 24.0 Å². The average Bonchev–Trinajstić information content (AvgIpc) is 3.05. The topological polar surface area (TPSA) is 81.7 Å². The van der Waals surface area contributed by atoms with Gasteiger partial charge in [0.25, 0.3) is 0 Å². The predicted molar refractivity (Wildman–Crippen MR) is 68.8 cm³/mol. The van der Waals surface area contributed by atoms with E-state index in [4.69, 9.17) is 5.84 Å². The fourth-order valence-electron chi connectivity index (χ4n) is 2.33. The van der Waals surface area contributed by atoms with Crippen LogP contribution in [0.15, 0.2) is 12.4 Å². The highest BCUT2D eigenvalue weighted by atomic mass is 15.3. The highest BCUT2D eigenvalue weighted by Crippen LogP contribution is 2.28. The minimum Gasteiger partial charge on any atom is -0.308 e. The molecule has 1 aliphatic carbocycles. The lowest BCUT2D eigenvalue weighted by Gasteiger charge is -2.08. The molecule has 2 aromatic rings. The molecule has 0 aliphatic heterocycles. The number of nitrogens with one attached hydrogen (secondary N) is 1. The number of nitrogen functional groups attached to an aromatic ring is 1. The van der Waals surface area contributed by atoms with Crippen LogP contribution in [0.3, 0.4) is 0 Å². The number of rotatable bonds is 3. The number of hydrazine groups is 1. The van der Waals surface area contributed by atoms with Gasteiger partial charge in [-0.05, 0) is 26.2 Å². The SMILES string of the molecule is CCn1cc(-c2nc3c(c(NN)n2)CCC3)cn1. The van der Waals surface area contributed by atoms with Gasteiger partial charge < -0.3 is 5.43 Å². The first-order chi connectivity index (χ1) is 8.81. The molecule has 0 unspecified atom stereocenters. The maximum atomic E-state index is 5.54. The van der Waals surface area contributed by atoms with Crippen molar-refractivity contribution in [3.05, 3.63) is 23.7 Å². The molecule has 94 valence electrons. The Hall–Kier alpha value is -1.95. The summed E-state index contributed by atoms with van der Waals surface area (Å²) in [6.45, 7) is 2.89. The number of hydrogen-bond donors (Lipinski definition) is 2. The Balaban J connectivity index is 2.07. The maximum absolute atomic E-state index is 5.54. The summed E-state index contributed by atoms with van der Waals surface area (Å²) >= 11 is 0. The van der Waals surface area contributed by atoms with Crippen LogP contribution in [0, 0.1) is 0 Å². The molecule has 0 spiro atoms. The molecule has 6 nitrogen and oxygen atoms in total. The van der Waals surface area contributed by atoms with Crippen LogP contribution in [-0.4, -0.2) is 19.7 Å². The molecule has 2 heterocycles. The average molecular weight is 244 g/mol. The van der Waals surface area contributed by atoms with E-state index >= 15 is 0 Å². The quantitative estimate of drug-likeness (QED) is 0.625. The Morgan fingerprint density at radius 2 is 2.28 bits per heavy atom. The van der Waals surface area contributed by atoms with Crippen molar-refractivity contribution in [3.8, 4) is 11.4 Å². The second kappa shape index (κ2) is 4.38. The van der Waals surface area contributed by atoms with Crippen LogP contribution in [0.1, 0.15) is 24.6 Å². The van der Waals surface area contributed by atoms with Gasteiger partial charge in [0.05, 0.1) is 11.8 Å². The van der Waals surface area contributed by atoms with Gasteiger partial charge in [-0.2, -0.15) is 5.10 Å². The lowest BCUT2D eigenvalue weighted by molar-refractivity contribution is 0.660. The van der Waals surface area contributed by atoms with E-state index in [0.717, 1.165) is 48.4 Å². The minimum absolute atomic E-state index is 0.698. The number of nitrogens with zero attached hydrogens (tertiary/aromatic N) is 4. The minimum atomic E-state index is 0.698. The Morgan fingerprint density at radius 1 is 1.39 bits per heavy atom. The molecule has 1 aliphatic rings. The maximum Gasteiger partial charge on any atom is 0.165 e. The first-order valence-electron chi connectivity index (χ1n) is 6.21. The van der Waals surface area contributed by atoms with Gasteiger partial charge >= 0.3 is 0 Å². The van der Waals surface area contributed by atoms with E-state index in [0.29, 0.717) is 5.82 Å². The number of hydrogen-bond acceptors (Lipinski definition) is 5. The molecule has 0 amide bonds. The van der Waals surface area contributed by atoms with Crippen LogP contribution in [-0.2, 0) is 19.4 Å². The molecular formula is C12H16N6. The number of nitrogens with two attached hydrogens (primary N) is 1. The molecule has 0 saturated heterocycles. The highest BCUT2D eigenvalue weighted by molar-refractivity contribution is 5.59. The first kappa shape index (κ1) is 11.2. The first-order valence-corrected chi connectivity index (χ1v) is 6.21. The van der Waals surface area contributed by atoms with Gasteiger partial charge in [-0.25, -0.2) is 15.8 Å². The summed E-state index contributed by atoms with van der Waals surface area (Å²) in [7, 11) is 0. The van der Waals surface area contributed by atoms with Gasteiger partial charge in [0.1, 0.15) is 5.82 Å². The van der Waals surface area contributed by atoms with Gasteiger partial charge in [-0.1, -0.05) is 0 Å². The summed E-state index contributed by atoms with van der Waals surface area (Å²) < 4.78 is 1.86. The summed E-state index contributed by atoms with van der Waals surface area (Å²) in [4.78, 5) is 9.10. The molecule has 3 rings (SSSR count). The summed E-state index contributed by atoms with van der Waals surface area (Å²) in [6, 6.07) is 0. The van der Waals surface area contributed by atoms with Gasteiger partial charge in [-0.15, -0.1) is 0 Å². The van der Waals surface area contributed by atoms with E-state index < -0.39 is 0 Å². The normalized spacial score (nSPS) is 13.7. The summed E-state index contributed by atoms with van der Waals surface area (Å²) in [5.74, 6) is 6.98. The molecule has 18 heavy (non-hydrogen) atoms. The van der Waals surface area contributed by atoms with Gasteiger partial charge in [-0.3, -0.25) is 4.68 Å². The molecule has 0 saturated carbocycles. The third kappa shape index (κ3) is 1.74. The second-order valence-corrected chi connectivity index (χ2v) is 4.40. The monoisotopic (exact) mass is 244 g/mol. The second-order valence-electron chi connectivity index (χ2n) is 4.40. The Bertz CT molecular complexity index is 574. The number of fused-ring (bicyclic) bond motifs is 1. The van der Waals surface area contributed by atoms with Crippen LogP contribution >= 0.6 is 0 Å². The molecule has 0 aromatic carbocycles. The van der Waals surface area contributed by atoms with Crippen LogP contribution in [0.5, 0.6) is 0 Å². The van der Waals surface area contributed by atoms with E-state index in [-0.39, 0.29) is 0 Å². The summed E-state index contributed by atoms with van der Waals surface area (Å²) in [6.07, 6.45) is 6.87. The Morgan fingerprint density at radius 3 is 3.00 bits per heavy atom. The number of aryl methyl sites for hydroxylation is 2. The van der Waals surface area contributed by atoms with Gasteiger partial charge in [0.15, 0.2) is 5.82 Å². The van der Waals surface area contributed by atoms with Crippen molar-refractivity contribution in [3.63, 3.8) is 0 Å². The smallest absolute Gasteiger partial charge is 0.165 e. The summed E-state index contributed by atoms with van der Waals surface area (Å²) in [5, 5.41) is 4.25. The highest BCUT2D eigenvalue weighted by Gasteiger charge is 2.19. The van der Waals surface area contributed by atoms with Crippen LogP contribution in [0.4, 0.5) is 5.82 Å². The molecular weight excluding hydrogens is 228 g/mol. The molecule has 6 heteroatoms. The fourth-order valence-corrected chi connectivity index (χ4v) is 2.33. The van der Waals surface area contributed by atoms with Crippen molar-refractivity contribution in [1.29, 1.82) is 0 Å². The molecule has 0 fully saturated rings. The largest absolute Gasteiger partial charge is 0.308 e. The number of aromatic nitrogens is 4. The molecule has 0 bridgehead atoms.